The van der Waals surface area contributed by atoms with Crippen molar-refractivity contribution in [2.24, 2.45) is 5.10 Å². The molecule has 2 aromatic carbocycles. The first-order valence-corrected chi connectivity index (χ1v) is 11.8. The Balaban J connectivity index is 1.85. The van der Waals surface area contributed by atoms with E-state index in [9.17, 15) is 13.2 Å². The topological polar surface area (TPSA) is 91.7 Å². The van der Waals surface area contributed by atoms with Crippen LogP contribution < -0.4 is 5.43 Å². The van der Waals surface area contributed by atoms with Crippen molar-refractivity contribution in [1.82, 2.24) is 14.7 Å². The van der Waals surface area contributed by atoms with Gasteiger partial charge in [-0.2, -0.15) is 9.41 Å². The molecule has 32 heavy (non-hydrogen) atoms. The van der Waals surface area contributed by atoms with Crippen molar-refractivity contribution in [3.05, 3.63) is 93.2 Å². The summed E-state index contributed by atoms with van der Waals surface area (Å²) in [6.07, 6.45) is 2.93. The summed E-state index contributed by atoms with van der Waals surface area (Å²) in [6.45, 7) is -0.743. The Labute approximate surface area is 200 Å². The number of aromatic nitrogens is 1. The summed E-state index contributed by atoms with van der Waals surface area (Å²) < 4.78 is 27.5. The number of benzene rings is 2. The van der Waals surface area contributed by atoms with Gasteiger partial charge in [-0.25, -0.2) is 13.8 Å². The lowest BCUT2D eigenvalue weighted by Crippen LogP contribution is -2.39. The molecule has 1 N–H and O–H groups in total. The highest BCUT2D eigenvalue weighted by Crippen LogP contribution is 2.28. The van der Waals surface area contributed by atoms with Crippen LogP contribution in [-0.4, -0.2) is 36.4 Å². The summed E-state index contributed by atoms with van der Waals surface area (Å²) in [7, 11) is -4.09. The van der Waals surface area contributed by atoms with Crippen molar-refractivity contribution in [1.29, 1.82) is 0 Å². The van der Waals surface area contributed by atoms with E-state index in [1.54, 1.807) is 42.6 Å². The molecule has 3 aromatic rings. The molecule has 3 rings (SSSR count). The summed E-state index contributed by atoms with van der Waals surface area (Å²) in [5, 5.41) is 4.77. The first-order valence-electron chi connectivity index (χ1n) is 9.19. The van der Waals surface area contributed by atoms with Crippen LogP contribution in [0.2, 0.25) is 15.1 Å². The molecule has 0 saturated heterocycles. The highest BCUT2D eigenvalue weighted by molar-refractivity contribution is 7.89. The van der Waals surface area contributed by atoms with Crippen LogP contribution in [0.25, 0.3) is 0 Å². The molecule has 166 valence electrons. The van der Waals surface area contributed by atoms with Crippen LogP contribution >= 0.6 is 34.8 Å². The molecule has 7 nitrogen and oxygen atoms in total. The van der Waals surface area contributed by atoms with Gasteiger partial charge in [0.1, 0.15) is 0 Å². The van der Waals surface area contributed by atoms with Crippen LogP contribution in [0.4, 0.5) is 0 Å². The van der Waals surface area contributed by atoms with E-state index in [0.29, 0.717) is 16.3 Å². The van der Waals surface area contributed by atoms with Gasteiger partial charge in [0.05, 0.1) is 23.3 Å². The number of carbonyl (C=O) groups is 1. The number of sulfonamides is 1. The van der Waals surface area contributed by atoms with Gasteiger partial charge in [0, 0.05) is 33.4 Å². The molecule has 1 amide bonds. The zero-order chi connectivity index (χ0) is 23.1. The maximum atomic E-state index is 13.3. The number of rotatable bonds is 8. The van der Waals surface area contributed by atoms with E-state index in [0.717, 1.165) is 4.31 Å². The zero-order valence-electron chi connectivity index (χ0n) is 16.5. The fourth-order valence-corrected chi connectivity index (χ4v) is 4.67. The van der Waals surface area contributed by atoms with Crippen molar-refractivity contribution in [3.63, 3.8) is 0 Å². The smallest absolute Gasteiger partial charge is 0.255 e. The van der Waals surface area contributed by atoms with Crippen LogP contribution in [0.15, 0.2) is 76.9 Å². The first-order chi connectivity index (χ1) is 15.3. The number of hydrogen-bond donors (Lipinski definition) is 1. The minimum atomic E-state index is -4.09. The number of carbonyl (C=O) groups excluding carboxylic acids is 1. The quantitative estimate of drug-likeness (QED) is 0.359. The number of nitrogens with zero attached hydrogens (tertiary/aromatic N) is 3. The van der Waals surface area contributed by atoms with Crippen LogP contribution in [0, 0.1) is 0 Å². The Bertz CT molecular complexity index is 1200. The molecule has 0 saturated carbocycles. The number of nitrogens with one attached hydrogen (secondary N) is 1. The normalized spacial score (nSPS) is 11.8. The van der Waals surface area contributed by atoms with Crippen LogP contribution in [0.5, 0.6) is 0 Å². The number of amides is 1. The minimum absolute atomic E-state index is 0.0325. The van der Waals surface area contributed by atoms with Gasteiger partial charge in [0.2, 0.25) is 10.0 Å². The molecule has 0 unspecified atom stereocenters. The van der Waals surface area contributed by atoms with Crippen molar-refractivity contribution in [3.8, 4) is 0 Å². The lowest BCUT2D eigenvalue weighted by Gasteiger charge is -2.22. The maximum Gasteiger partial charge on any atom is 0.255 e. The van der Waals surface area contributed by atoms with E-state index in [1.807, 2.05) is 0 Å². The molecule has 1 heterocycles. The standard InChI is InChI=1S/C21H17Cl3N4O3S/c22-15-7-9-17(10-8-15)32(30,31)28(13-18-19(23)5-3-6-20(18)24)14-21(29)27-26-12-16-4-1-2-11-25-16/h1-12H,13-14H2,(H,27,29). The minimum Gasteiger partial charge on any atom is -0.272 e. The Morgan fingerprint density at radius 3 is 2.31 bits per heavy atom. The Morgan fingerprint density at radius 2 is 1.69 bits per heavy atom. The predicted octanol–water partition coefficient (Wildman–Crippen LogP) is 4.38. The van der Waals surface area contributed by atoms with Crippen molar-refractivity contribution >= 4 is 56.9 Å². The van der Waals surface area contributed by atoms with E-state index < -0.39 is 22.5 Å². The highest BCUT2D eigenvalue weighted by Gasteiger charge is 2.28. The van der Waals surface area contributed by atoms with Gasteiger partial charge in [-0.15, -0.1) is 0 Å². The van der Waals surface area contributed by atoms with Gasteiger partial charge in [-0.05, 0) is 48.5 Å². The second-order valence-corrected chi connectivity index (χ2v) is 9.66. The molecule has 0 aliphatic carbocycles. The van der Waals surface area contributed by atoms with E-state index in [2.05, 4.69) is 15.5 Å². The first kappa shape index (κ1) is 24.2. The average molecular weight is 512 g/mol. The lowest BCUT2D eigenvalue weighted by molar-refractivity contribution is -0.121. The number of halogens is 3. The summed E-state index contributed by atoms with van der Waals surface area (Å²) in [5.74, 6) is -0.655. The number of hydrogen-bond acceptors (Lipinski definition) is 5. The number of pyridine rings is 1. The molecule has 0 aliphatic rings. The summed E-state index contributed by atoms with van der Waals surface area (Å²) in [4.78, 5) is 16.5. The SMILES string of the molecule is O=C(CN(Cc1c(Cl)cccc1Cl)S(=O)(=O)c1ccc(Cl)cc1)NN=Cc1ccccn1. The number of hydrazone groups is 1. The second kappa shape index (κ2) is 10.9. The maximum absolute atomic E-state index is 13.3. The van der Waals surface area contributed by atoms with Crippen molar-refractivity contribution in [2.75, 3.05) is 6.54 Å². The Kier molecular flexibility index (Phi) is 8.22. The summed E-state index contributed by atoms with van der Waals surface area (Å²) in [6, 6.07) is 15.7. The molecular weight excluding hydrogens is 495 g/mol. The Hall–Kier alpha value is -2.49. The zero-order valence-corrected chi connectivity index (χ0v) is 19.5. The molecule has 0 spiro atoms. The predicted molar refractivity (Wildman–Crippen MR) is 125 cm³/mol. The summed E-state index contributed by atoms with van der Waals surface area (Å²) >= 11 is 18.3. The molecule has 11 heteroatoms. The van der Waals surface area contributed by atoms with E-state index in [-0.39, 0.29) is 21.5 Å². The highest BCUT2D eigenvalue weighted by atomic mass is 35.5. The van der Waals surface area contributed by atoms with E-state index in [4.69, 9.17) is 34.8 Å². The molecule has 0 atom stereocenters. The van der Waals surface area contributed by atoms with E-state index in [1.165, 1.54) is 30.5 Å². The average Bonchev–Trinajstić information content (AvgIpc) is 2.76. The van der Waals surface area contributed by atoms with Gasteiger partial charge >= 0.3 is 0 Å². The van der Waals surface area contributed by atoms with Crippen molar-refractivity contribution in [2.45, 2.75) is 11.4 Å². The van der Waals surface area contributed by atoms with Gasteiger partial charge < -0.3 is 0 Å². The lowest BCUT2D eigenvalue weighted by atomic mass is 10.2. The van der Waals surface area contributed by atoms with Gasteiger partial charge in [-0.3, -0.25) is 9.78 Å². The van der Waals surface area contributed by atoms with Crippen LogP contribution in [0.1, 0.15) is 11.3 Å². The van der Waals surface area contributed by atoms with Gasteiger partial charge in [-0.1, -0.05) is 46.9 Å². The van der Waals surface area contributed by atoms with Gasteiger partial charge in [0.25, 0.3) is 5.91 Å². The molecular formula is C21H17Cl3N4O3S. The largest absolute Gasteiger partial charge is 0.272 e. The van der Waals surface area contributed by atoms with Crippen molar-refractivity contribution < 1.29 is 13.2 Å². The molecule has 0 bridgehead atoms. The summed E-state index contributed by atoms with van der Waals surface area (Å²) in [5.41, 5.74) is 3.21. The second-order valence-electron chi connectivity index (χ2n) is 6.48. The molecule has 0 radical (unpaired) electrons. The third-order valence-electron chi connectivity index (χ3n) is 4.24. The van der Waals surface area contributed by atoms with E-state index >= 15 is 0 Å². The molecule has 1 aromatic heterocycles. The Morgan fingerprint density at radius 1 is 1.00 bits per heavy atom. The fourth-order valence-electron chi connectivity index (χ4n) is 2.66. The van der Waals surface area contributed by atoms with Gasteiger partial charge in [0.15, 0.2) is 0 Å². The fraction of sp³-hybridized carbons (Fsp3) is 0.0952. The molecule has 0 aliphatic heterocycles. The third-order valence-corrected chi connectivity index (χ3v) is 7.01. The molecule has 0 fully saturated rings. The van der Waals surface area contributed by atoms with Crippen LogP contribution in [-0.2, 0) is 21.4 Å². The van der Waals surface area contributed by atoms with Crippen LogP contribution in [0.3, 0.4) is 0 Å². The monoisotopic (exact) mass is 510 g/mol. The third kappa shape index (κ3) is 6.27.